The summed E-state index contributed by atoms with van der Waals surface area (Å²) >= 11 is 6.24. The van der Waals surface area contributed by atoms with Crippen LogP contribution in [0.5, 0.6) is 0 Å². The van der Waals surface area contributed by atoms with Crippen molar-refractivity contribution in [2.75, 3.05) is 11.9 Å². The molecule has 0 unspecified atom stereocenters. The van der Waals surface area contributed by atoms with E-state index in [2.05, 4.69) is 39.1 Å². The summed E-state index contributed by atoms with van der Waals surface area (Å²) in [6, 6.07) is 4.15. The molecule has 1 aromatic carbocycles. The van der Waals surface area contributed by atoms with Gasteiger partial charge in [0.2, 0.25) is 0 Å². The van der Waals surface area contributed by atoms with E-state index in [4.69, 9.17) is 11.6 Å². The SMILES string of the molecule is CCNc1c(Cl)ccc([SiH3])c1C(C)(C)C. The second-order valence-corrected chi connectivity index (χ2v) is 6.38. The molecule has 84 valence electrons. The fourth-order valence-corrected chi connectivity index (χ4v) is 3.39. The Balaban J connectivity index is 3.38. The van der Waals surface area contributed by atoms with Crippen molar-refractivity contribution in [3.63, 3.8) is 0 Å². The van der Waals surface area contributed by atoms with E-state index in [0.29, 0.717) is 0 Å². The van der Waals surface area contributed by atoms with Crippen LogP contribution in [0.25, 0.3) is 0 Å². The summed E-state index contributed by atoms with van der Waals surface area (Å²) < 4.78 is 0. The topological polar surface area (TPSA) is 12.0 Å². The molecule has 0 atom stereocenters. The zero-order valence-electron chi connectivity index (χ0n) is 10.2. The second-order valence-electron chi connectivity index (χ2n) is 4.89. The quantitative estimate of drug-likeness (QED) is 0.782. The first-order chi connectivity index (χ1) is 6.88. The summed E-state index contributed by atoms with van der Waals surface area (Å²) in [4.78, 5) is 0. The van der Waals surface area contributed by atoms with Crippen molar-refractivity contribution in [3.05, 3.63) is 22.7 Å². The van der Waals surface area contributed by atoms with Crippen LogP contribution in [0.3, 0.4) is 0 Å². The highest BCUT2D eigenvalue weighted by Gasteiger charge is 2.21. The Hall–Kier alpha value is -0.473. The highest BCUT2D eigenvalue weighted by Crippen LogP contribution is 2.32. The first-order valence-corrected chi connectivity index (χ1v) is 6.79. The second kappa shape index (κ2) is 4.58. The third-order valence-electron chi connectivity index (χ3n) is 2.47. The van der Waals surface area contributed by atoms with Crippen molar-refractivity contribution in [3.8, 4) is 0 Å². The van der Waals surface area contributed by atoms with E-state index in [-0.39, 0.29) is 5.41 Å². The maximum Gasteiger partial charge on any atom is 0.0640 e. The molecule has 0 heterocycles. The lowest BCUT2D eigenvalue weighted by Crippen LogP contribution is -2.25. The molecule has 3 heteroatoms. The van der Waals surface area contributed by atoms with Crippen molar-refractivity contribution >= 4 is 32.7 Å². The van der Waals surface area contributed by atoms with Crippen LogP contribution in [0.2, 0.25) is 5.02 Å². The predicted octanol–water partition coefficient (Wildman–Crippen LogP) is 2.06. The lowest BCUT2D eigenvalue weighted by Gasteiger charge is -2.26. The van der Waals surface area contributed by atoms with Gasteiger partial charge in [-0.05, 0) is 24.0 Å². The molecule has 0 amide bonds. The summed E-state index contributed by atoms with van der Waals surface area (Å²) in [6.45, 7) is 9.72. The molecule has 1 aromatic rings. The van der Waals surface area contributed by atoms with Crippen molar-refractivity contribution in [1.82, 2.24) is 0 Å². The number of nitrogens with one attached hydrogen (secondary N) is 1. The molecular weight excluding hydrogens is 222 g/mol. The lowest BCUT2D eigenvalue weighted by molar-refractivity contribution is 0.595. The maximum absolute atomic E-state index is 6.24. The minimum atomic E-state index is 0.152. The van der Waals surface area contributed by atoms with Crippen LogP contribution in [-0.2, 0) is 5.41 Å². The monoisotopic (exact) mass is 241 g/mol. The third-order valence-corrected chi connectivity index (χ3v) is 3.61. The van der Waals surface area contributed by atoms with Crippen molar-refractivity contribution < 1.29 is 0 Å². The fraction of sp³-hybridized carbons (Fsp3) is 0.500. The minimum Gasteiger partial charge on any atom is -0.384 e. The Morgan fingerprint density at radius 2 is 1.93 bits per heavy atom. The maximum atomic E-state index is 6.24. The molecule has 1 rings (SSSR count). The molecular formula is C12H20ClNSi. The van der Waals surface area contributed by atoms with Crippen LogP contribution in [0.1, 0.15) is 33.3 Å². The van der Waals surface area contributed by atoms with Gasteiger partial charge in [-0.25, -0.2) is 0 Å². The molecule has 0 saturated heterocycles. The van der Waals surface area contributed by atoms with E-state index in [1.165, 1.54) is 10.8 Å². The number of rotatable bonds is 2. The van der Waals surface area contributed by atoms with Crippen molar-refractivity contribution in [2.24, 2.45) is 0 Å². The fourth-order valence-electron chi connectivity index (χ4n) is 2.00. The van der Waals surface area contributed by atoms with Gasteiger partial charge in [0.05, 0.1) is 10.7 Å². The van der Waals surface area contributed by atoms with Crippen LogP contribution >= 0.6 is 11.6 Å². The minimum absolute atomic E-state index is 0.152. The van der Waals surface area contributed by atoms with E-state index in [0.717, 1.165) is 27.5 Å². The molecule has 1 nitrogen and oxygen atoms in total. The Labute approximate surface area is 101 Å². The number of benzene rings is 1. The van der Waals surface area contributed by atoms with Crippen LogP contribution in [0, 0.1) is 0 Å². The molecule has 0 saturated carbocycles. The molecule has 0 aromatic heterocycles. The van der Waals surface area contributed by atoms with E-state index in [1.807, 2.05) is 6.07 Å². The van der Waals surface area contributed by atoms with Gasteiger partial charge in [0.1, 0.15) is 0 Å². The summed E-state index contributed by atoms with van der Waals surface area (Å²) in [5, 5.41) is 5.65. The normalized spacial score (nSPS) is 11.8. The van der Waals surface area contributed by atoms with Gasteiger partial charge in [-0.2, -0.15) is 0 Å². The van der Waals surface area contributed by atoms with Crippen molar-refractivity contribution in [2.45, 2.75) is 33.1 Å². The molecule has 1 N–H and O–H groups in total. The Morgan fingerprint density at radius 1 is 1.33 bits per heavy atom. The van der Waals surface area contributed by atoms with Gasteiger partial charge in [0.15, 0.2) is 0 Å². The summed E-state index contributed by atoms with van der Waals surface area (Å²) in [6.07, 6.45) is 0. The van der Waals surface area contributed by atoms with E-state index in [1.54, 1.807) is 0 Å². The smallest absolute Gasteiger partial charge is 0.0640 e. The third kappa shape index (κ3) is 2.76. The first kappa shape index (κ1) is 12.6. The number of halogens is 1. The van der Waals surface area contributed by atoms with Crippen molar-refractivity contribution in [1.29, 1.82) is 0 Å². The van der Waals surface area contributed by atoms with Gasteiger partial charge in [-0.1, -0.05) is 43.6 Å². The largest absolute Gasteiger partial charge is 0.384 e. The molecule has 0 bridgehead atoms. The van der Waals surface area contributed by atoms with Gasteiger partial charge in [-0.3, -0.25) is 0 Å². The molecule has 15 heavy (non-hydrogen) atoms. The van der Waals surface area contributed by atoms with Gasteiger partial charge in [-0.15, -0.1) is 0 Å². The Morgan fingerprint density at radius 3 is 2.40 bits per heavy atom. The number of hydrogen-bond donors (Lipinski definition) is 1. The first-order valence-electron chi connectivity index (χ1n) is 5.41. The van der Waals surface area contributed by atoms with Gasteiger partial charge in [0.25, 0.3) is 0 Å². The highest BCUT2D eigenvalue weighted by atomic mass is 35.5. The Bertz CT molecular complexity index is 355. The number of hydrogen-bond acceptors (Lipinski definition) is 1. The summed E-state index contributed by atoms with van der Waals surface area (Å²) in [7, 11) is 1.06. The van der Waals surface area contributed by atoms with Gasteiger partial charge >= 0.3 is 0 Å². The molecule has 0 fully saturated rings. The summed E-state index contributed by atoms with van der Waals surface area (Å²) in [5.41, 5.74) is 2.65. The molecule has 0 spiro atoms. The van der Waals surface area contributed by atoms with Crippen LogP contribution < -0.4 is 10.5 Å². The zero-order chi connectivity index (χ0) is 11.6. The average Bonchev–Trinajstić information content (AvgIpc) is 2.09. The lowest BCUT2D eigenvalue weighted by atomic mass is 9.85. The molecule has 0 aliphatic carbocycles. The molecule has 0 aliphatic rings. The standard InChI is InChI=1S/C12H20ClNSi/c1-5-14-11-8(13)6-7-9(15)10(11)12(2,3)4/h6-7,14H,5H2,1-4,15H3. The average molecular weight is 242 g/mol. The van der Waals surface area contributed by atoms with Crippen LogP contribution in [-0.4, -0.2) is 16.8 Å². The van der Waals surface area contributed by atoms with Crippen LogP contribution in [0.4, 0.5) is 5.69 Å². The van der Waals surface area contributed by atoms with Crippen LogP contribution in [0.15, 0.2) is 12.1 Å². The molecule has 0 radical (unpaired) electrons. The van der Waals surface area contributed by atoms with E-state index >= 15 is 0 Å². The molecule has 0 aliphatic heterocycles. The summed E-state index contributed by atoms with van der Waals surface area (Å²) in [5.74, 6) is 0. The highest BCUT2D eigenvalue weighted by molar-refractivity contribution is 6.37. The van der Waals surface area contributed by atoms with E-state index in [9.17, 15) is 0 Å². The van der Waals surface area contributed by atoms with Gasteiger partial charge in [0, 0.05) is 16.8 Å². The predicted molar refractivity (Wildman–Crippen MR) is 73.9 cm³/mol. The number of anilines is 1. The zero-order valence-corrected chi connectivity index (χ0v) is 13.0. The van der Waals surface area contributed by atoms with Gasteiger partial charge < -0.3 is 5.32 Å². The Kier molecular flexibility index (Phi) is 3.85. The van der Waals surface area contributed by atoms with E-state index < -0.39 is 0 Å².